The number of hydrogen-bond donors (Lipinski definition) is 2. The number of rotatable bonds is 6. The van der Waals surface area contributed by atoms with E-state index >= 15 is 0 Å². The molecule has 96 valence electrons. The van der Waals surface area contributed by atoms with Crippen LogP contribution in [0.1, 0.15) is 39.5 Å². The minimum atomic E-state index is 0. The van der Waals surface area contributed by atoms with Crippen LogP contribution in [0.2, 0.25) is 0 Å². The van der Waals surface area contributed by atoms with Crippen molar-refractivity contribution in [1.82, 2.24) is 10.6 Å². The Bertz CT molecular complexity index is 191. The summed E-state index contributed by atoms with van der Waals surface area (Å²) >= 11 is 0. The molecule has 1 atom stereocenters. The molecule has 0 aromatic rings. The van der Waals surface area contributed by atoms with E-state index in [1.54, 1.807) is 0 Å². The molecule has 0 saturated carbocycles. The smallest absolute Gasteiger partial charge is 0.220 e. The zero-order valence-electron chi connectivity index (χ0n) is 10.4. The fourth-order valence-electron chi connectivity index (χ4n) is 1.88. The number of halogens is 1. The van der Waals surface area contributed by atoms with Gasteiger partial charge in [0.15, 0.2) is 0 Å². The molecule has 1 aliphatic rings. The third kappa shape index (κ3) is 7.07. The van der Waals surface area contributed by atoms with Crippen molar-refractivity contribution < 1.29 is 4.79 Å². The molecule has 0 bridgehead atoms. The van der Waals surface area contributed by atoms with Gasteiger partial charge in [-0.2, -0.15) is 0 Å². The van der Waals surface area contributed by atoms with Crippen molar-refractivity contribution in [2.75, 3.05) is 19.6 Å². The average molecular weight is 249 g/mol. The van der Waals surface area contributed by atoms with Crippen molar-refractivity contribution in [2.45, 2.75) is 39.5 Å². The Morgan fingerprint density at radius 2 is 2.25 bits per heavy atom. The first-order valence-corrected chi connectivity index (χ1v) is 6.16. The highest BCUT2D eigenvalue weighted by atomic mass is 35.5. The SMILES string of the molecule is CC(C)CCC(=O)NCCC1CCNC1.Cl. The van der Waals surface area contributed by atoms with Crippen molar-refractivity contribution in [1.29, 1.82) is 0 Å². The molecular formula is C12H25ClN2O. The Hall–Kier alpha value is -0.280. The van der Waals surface area contributed by atoms with E-state index in [0.717, 1.165) is 38.4 Å². The van der Waals surface area contributed by atoms with Gasteiger partial charge in [0.1, 0.15) is 0 Å². The maximum Gasteiger partial charge on any atom is 0.220 e. The van der Waals surface area contributed by atoms with Crippen LogP contribution in [0, 0.1) is 11.8 Å². The van der Waals surface area contributed by atoms with E-state index in [-0.39, 0.29) is 18.3 Å². The summed E-state index contributed by atoms with van der Waals surface area (Å²) in [6, 6.07) is 0. The largest absolute Gasteiger partial charge is 0.356 e. The summed E-state index contributed by atoms with van der Waals surface area (Å²) in [6.07, 6.45) is 4.07. The molecule has 1 aliphatic heterocycles. The third-order valence-corrected chi connectivity index (χ3v) is 2.99. The topological polar surface area (TPSA) is 41.1 Å². The van der Waals surface area contributed by atoms with Gasteiger partial charge in [-0.15, -0.1) is 12.4 Å². The van der Waals surface area contributed by atoms with Gasteiger partial charge in [-0.05, 0) is 44.2 Å². The van der Waals surface area contributed by atoms with E-state index in [0.29, 0.717) is 12.3 Å². The predicted molar refractivity (Wildman–Crippen MR) is 69.9 cm³/mol. The van der Waals surface area contributed by atoms with Crippen LogP contribution in [0.4, 0.5) is 0 Å². The molecule has 1 saturated heterocycles. The summed E-state index contributed by atoms with van der Waals surface area (Å²) in [5.74, 6) is 1.61. The molecule has 2 N–H and O–H groups in total. The number of amides is 1. The Labute approximate surface area is 105 Å². The van der Waals surface area contributed by atoms with Gasteiger partial charge >= 0.3 is 0 Å². The summed E-state index contributed by atoms with van der Waals surface area (Å²) in [7, 11) is 0. The van der Waals surface area contributed by atoms with Crippen LogP contribution in [0.15, 0.2) is 0 Å². The zero-order valence-corrected chi connectivity index (χ0v) is 11.2. The quantitative estimate of drug-likeness (QED) is 0.755. The molecule has 0 aromatic heterocycles. The third-order valence-electron chi connectivity index (χ3n) is 2.99. The van der Waals surface area contributed by atoms with Crippen LogP contribution in [-0.4, -0.2) is 25.5 Å². The normalized spacial score (nSPS) is 19.6. The van der Waals surface area contributed by atoms with Crippen LogP contribution in [0.25, 0.3) is 0 Å². The highest BCUT2D eigenvalue weighted by Gasteiger charge is 2.13. The molecule has 1 fully saturated rings. The average Bonchev–Trinajstić information content (AvgIpc) is 2.67. The first-order chi connectivity index (χ1) is 7.18. The van der Waals surface area contributed by atoms with Crippen molar-refractivity contribution >= 4 is 18.3 Å². The fourth-order valence-corrected chi connectivity index (χ4v) is 1.88. The molecule has 3 nitrogen and oxygen atoms in total. The summed E-state index contributed by atoms with van der Waals surface area (Å²) in [4.78, 5) is 11.4. The van der Waals surface area contributed by atoms with Crippen LogP contribution in [0.5, 0.6) is 0 Å². The molecule has 0 radical (unpaired) electrons. The first kappa shape index (κ1) is 15.7. The Morgan fingerprint density at radius 3 is 2.81 bits per heavy atom. The second kappa shape index (κ2) is 8.82. The number of nitrogens with one attached hydrogen (secondary N) is 2. The lowest BCUT2D eigenvalue weighted by molar-refractivity contribution is -0.121. The minimum absolute atomic E-state index is 0. The van der Waals surface area contributed by atoms with Gasteiger partial charge in [0.2, 0.25) is 5.91 Å². The molecule has 1 heterocycles. The molecule has 0 aliphatic carbocycles. The Balaban J connectivity index is 0.00000225. The van der Waals surface area contributed by atoms with E-state index in [2.05, 4.69) is 24.5 Å². The van der Waals surface area contributed by atoms with E-state index in [1.165, 1.54) is 6.42 Å². The lowest BCUT2D eigenvalue weighted by Gasteiger charge is -2.09. The molecule has 0 spiro atoms. The highest BCUT2D eigenvalue weighted by Crippen LogP contribution is 2.10. The lowest BCUT2D eigenvalue weighted by atomic mass is 10.0. The second-order valence-electron chi connectivity index (χ2n) is 4.93. The van der Waals surface area contributed by atoms with Gasteiger partial charge in [0.25, 0.3) is 0 Å². The molecule has 1 rings (SSSR count). The van der Waals surface area contributed by atoms with Gasteiger partial charge < -0.3 is 10.6 Å². The Morgan fingerprint density at radius 1 is 1.50 bits per heavy atom. The first-order valence-electron chi connectivity index (χ1n) is 6.16. The molecule has 1 unspecified atom stereocenters. The standard InChI is InChI=1S/C12H24N2O.ClH/c1-10(2)3-4-12(15)14-8-6-11-5-7-13-9-11;/h10-11,13H,3-9H2,1-2H3,(H,14,15);1H. The number of carbonyl (C=O) groups excluding carboxylic acids is 1. The number of carbonyl (C=O) groups is 1. The predicted octanol–water partition coefficient (Wildman–Crippen LogP) is 1.96. The summed E-state index contributed by atoms with van der Waals surface area (Å²) in [5, 5.41) is 6.34. The van der Waals surface area contributed by atoms with Gasteiger partial charge in [0.05, 0.1) is 0 Å². The maximum atomic E-state index is 11.4. The molecule has 4 heteroatoms. The fraction of sp³-hybridized carbons (Fsp3) is 0.917. The summed E-state index contributed by atoms with van der Waals surface area (Å²) in [5.41, 5.74) is 0. The van der Waals surface area contributed by atoms with Crippen LogP contribution in [0.3, 0.4) is 0 Å². The van der Waals surface area contributed by atoms with Crippen molar-refractivity contribution in [3.63, 3.8) is 0 Å². The van der Waals surface area contributed by atoms with Crippen LogP contribution in [-0.2, 0) is 4.79 Å². The van der Waals surface area contributed by atoms with Crippen molar-refractivity contribution in [2.24, 2.45) is 11.8 Å². The second-order valence-corrected chi connectivity index (χ2v) is 4.93. The van der Waals surface area contributed by atoms with Crippen LogP contribution >= 0.6 is 12.4 Å². The lowest BCUT2D eigenvalue weighted by Crippen LogP contribution is -2.26. The number of hydrogen-bond acceptors (Lipinski definition) is 2. The van der Waals surface area contributed by atoms with E-state index in [9.17, 15) is 4.79 Å². The van der Waals surface area contributed by atoms with Gasteiger partial charge in [-0.25, -0.2) is 0 Å². The molecule has 1 amide bonds. The summed E-state index contributed by atoms with van der Waals surface area (Å²) < 4.78 is 0. The van der Waals surface area contributed by atoms with E-state index in [4.69, 9.17) is 0 Å². The van der Waals surface area contributed by atoms with E-state index < -0.39 is 0 Å². The van der Waals surface area contributed by atoms with Gasteiger partial charge in [-0.3, -0.25) is 4.79 Å². The molecule has 16 heavy (non-hydrogen) atoms. The molecule has 0 aromatic carbocycles. The minimum Gasteiger partial charge on any atom is -0.356 e. The zero-order chi connectivity index (χ0) is 11.1. The van der Waals surface area contributed by atoms with Crippen molar-refractivity contribution in [3.05, 3.63) is 0 Å². The van der Waals surface area contributed by atoms with Crippen molar-refractivity contribution in [3.8, 4) is 0 Å². The summed E-state index contributed by atoms with van der Waals surface area (Å²) in [6.45, 7) is 7.42. The van der Waals surface area contributed by atoms with Crippen LogP contribution < -0.4 is 10.6 Å². The monoisotopic (exact) mass is 248 g/mol. The van der Waals surface area contributed by atoms with Gasteiger partial charge in [0, 0.05) is 13.0 Å². The van der Waals surface area contributed by atoms with E-state index in [1.807, 2.05) is 0 Å². The highest BCUT2D eigenvalue weighted by molar-refractivity contribution is 5.85. The maximum absolute atomic E-state index is 11.4. The molecular weight excluding hydrogens is 224 g/mol. The van der Waals surface area contributed by atoms with Gasteiger partial charge in [-0.1, -0.05) is 13.8 Å². The Kier molecular flexibility index (Phi) is 8.67.